The fraction of sp³-hybridized carbons (Fsp3) is 1.00. The summed E-state index contributed by atoms with van der Waals surface area (Å²) in [6.07, 6.45) is 10.1. The van der Waals surface area contributed by atoms with Crippen molar-refractivity contribution in [2.75, 3.05) is 7.05 Å². The second-order valence-corrected chi connectivity index (χ2v) is 5.34. The van der Waals surface area contributed by atoms with E-state index in [1.807, 2.05) is 0 Å². The molecule has 84 valence electrons. The van der Waals surface area contributed by atoms with Gasteiger partial charge in [0.2, 0.25) is 0 Å². The molecule has 0 radical (unpaired) electrons. The van der Waals surface area contributed by atoms with Crippen LogP contribution in [0.25, 0.3) is 0 Å². The smallest absolute Gasteiger partial charge is 0.00667 e. The first-order chi connectivity index (χ1) is 6.72. The van der Waals surface area contributed by atoms with Gasteiger partial charge in [0.25, 0.3) is 0 Å². The number of hydrogen-bond donors (Lipinski definition) is 1. The highest BCUT2D eigenvalue weighted by molar-refractivity contribution is 4.75. The molecule has 0 amide bonds. The zero-order valence-corrected chi connectivity index (χ0v) is 10.2. The van der Waals surface area contributed by atoms with Gasteiger partial charge >= 0.3 is 0 Å². The van der Waals surface area contributed by atoms with Crippen LogP contribution in [0.4, 0.5) is 0 Å². The normalized spacial score (nSPS) is 29.1. The standard InChI is InChI=1S/C13H27N/c1-11(2)8-9-12-6-4-5-7-13(10-12)14-3/h11-14H,4-10H2,1-3H3. The zero-order chi connectivity index (χ0) is 10.4. The summed E-state index contributed by atoms with van der Waals surface area (Å²) >= 11 is 0. The maximum Gasteiger partial charge on any atom is 0.00667 e. The lowest BCUT2D eigenvalue weighted by Gasteiger charge is -2.20. The minimum absolute atomic E-state index is 0.801. The van der Waals surface area contributed by atoms with E-state index >= 15 is 0 Å². The lowest BCUT2D eigenvalue weighted by molar-refractivity contribution is 0.353. The van der Waals surface area contributed by atoms with Crippen LogP contribution in [0.3, 0.4) is 0 Å². The monoisotopic (exact) mass is 197 g/mol. The Morgan fingerprint density at radius 3 is 2.57 bits per heavy atom. The van der Waals surface area contributed by atoms with Gasteiger partial charge in [-0.2, -0.15) is 0 Å². The van der Waals surface area contributed by atoms with Crippen LogP contribution in [-0.2, 0) is 0 Å². The van der Waals surface area contributed by atoms with Crippen molar-refractivity contribution >= 4 is 0 Å². The quantitative estimate of drug-likeness (QED) is 0.679. The Hall–Kier alpha value is -0.0400. The van der Waals surface area contributed by atoms with Crippen molar-refractivity contribution in [3.8, 4) is 0 Å². The average Bonchev–Trinajstić information content (AvgIpc) is 2.39. The van der Waals surface area contributed by atoms with E-state index in [1.165, 1.54) is 44.9 Å². The molecule has 1 aliphatic carbocycles. The van der Waals surface area contributed by atoms with Crippen molar-refractivity contribution in [1.29, 1.82) is 0 Å². The third-order valence-electron chi connectivity index (χ3n) is 3.59. The van der Waals surface area contributed by atoms with Gasteiger partial charge in [0.05, 0.1) is 0 Å². The molecular formula is C13H27N. The molecule has 1 nitrogen and oxygen atoms in total. The van der Waals surface area contributed by atoms with E-state index in [2.05, 4.69) is 26.2 Å². The van der Waals surface area contributed by atoms with Crippen molar-refractivity contribution in [2.24, 2.45) is 11.8 Å². The van der Waals surface area contributed by atoms with E-state index in [-0.39, 0.29) is 0 Å². The fourth-order valence-corrected chi connectivity index (χ4v) is 2.56. The molecule has 1 rings (SSSR count). The minimum atomic E-state index is 0.801. The summed E-state index contributed by atoms with van der Waals surface area (Å²) in [5.74, 6) is 1.88. The molecule has 1 aliphatic rings. The molecule has 0 spiro atoms. The summed E-state index contributed by atoms with van der Waals surface area (Å²) < 4.78 is 0. The number of hydrogen-bond acceptors (Lipinski definition) is 1. The molecule has 0 bridgehead atoms. The lowest BCUT2D eigenvalue weighted by atomic mass is 9.90. The molecule has 2 unspecified atom stereocenters. The molecule has 0 aromatic rings. The zero-order valence-electron chi connectivity index (χ0n) is 10.2. The van der Waals surface area contributed by atoms with Crippen LogP contribution < -0.4 is 5.32 Å². The van der Waals surface area contributed by atoms with Crippen LogP contribution >= 0.6 is 0 Å². The van der Waals surface area contributed by atoms with Crippen molar-refractivity contribution in [3.63, 3.8) is 0 Å². The van der Waals surface area contributed by atoms with E-state index in [0.717, 1.165) is 17.9 Å². The molecule has 0 aliphatic heterocycles. The van der Waals surface area contributed by atoms with Crippen LogP contribution in [0.15, 0.2) is 0 Å². The van der Waals surface area contributed by atoms with Gasteiger partial charge in [-0.1, -0.05) is 46.0 Å². The Balaban J connectivity index is 2.27. The maximum absolute atomic E-state index is 3.46. The van der Waals surface area contributed by atoms with Crippen molar-refractivity contribution < 1.29 is 0 Å². The summed E-state index contributed by atoms with van der Waals surface area (Å²) in [5.41, 5.74) is 0. The Morgan fingerprint density at radius 2 is 1.93 bits per heavy atom. The predicted molar refractivity (Wildman–Crippen MR) is 63.5 cm³/mol. The van der Waals surface area contributed by atoms with Crippen LogP contribution in [-0.4, -0.2) is 13.1 Å². The van der Waals surface area contributed by atoms with Crippen molar-refractivity contribution in [1.82, 2.24) is 5.32 Å². The van der Waals surface area contributed by atoms with E-state index < -0.39 is 0 Å². The average molecular weight is 197 g/mol. The Labute approximate surface area is 89.7 Å². The third-order valence-corrected chi connectivity index (χ3v) is 3.59. The van der Waals surface area contributed by atoms with Gasteiger partial charge in [0.15, 0.2) is 0 Å². The Morgan fingerprint density at radius 1 is 1.21 bits per heavy atom. The summed E-state index contributed by atoms with van der Waals surface area (Å²) in [7, 11) is 2.12. The van der Waals surface area contributed by atoms with Crippen molar-refractivity contribution in [2.45, 2.75) is 64.8 Å². The highest BCUT2D eigenvalue weighted by Gasteiger charge is 2.18. The van der Waals surface area contributed by atoms with Gasteiger partial charge in [-0.05, 0) is 31.7 Å². The molecular weight excluding hydrogens is 170 g/mol. The molecule has 14 heavy (non-hydrogen) atoms. The summed E-state index contributed by atoms with van der Waals surface area (Å²) in [5, 5.41) is 3.46. The summed E-state index contributed by atoms with van der Waals surface area (Å²) in [4.78, 5) is 0. The SMILES string of the molecule is CNC1CCCCC(CCC(C)C)C1. The number of nitrogens with one attached hydrogen (secondary N) is 1. The minimum Gasteiger partial charge on any atom is -0.317 e. The van der Waals surface area contributed by atoms with E-state index in [0.29, 0.717) is 0 Å². The van der Waals surface area contributed by atoms with Gasteiger partial charge in [0, 0.05) is 6.04 Å². The molecule has 1 saturated carbocycles. The molecule has 1 heteroatoms. The Bertz CT molecular complexity index is 142. The topological polar surface area (TPSA) is 12.0 Å². The van der Waals surface area contributed by atoms with E-state index in [9.17, 15) is 0 Å². The first-order valence-corrected chi connectivity index (χ1v) is 6.39. The maximum atomic E-state index is 3.46. The van der Waals surface area contributed by atoms with Gasteiger partial charge in [-0.25, -0.2) is 0 Å². The molecule has 1 N–H and O–H groups in total. The molecule has 0 aromatic carbocycles. The van der Waals surface area contributed by atoms with E-state index in [4.69, 9.17) is 0 Å². The highest BCUT2D eigenvalue weighted by Crippen LogP contribution is 2.27. The Kier molecular flexibility index (Phi) is 5.54. The molecule has 0 saturated heterocycles. The highest BCUT2D eigenvalue weighted by atomic mass is 14.9. The second kappa shape index (κ2) is 6.44. The van der Waals surface area contributed by atoms with Gasteiger partial charge < -0.3 is 5.32 Å². The summed E-state index contributed by atoms with van der Waals surface area (Å²) in [6.45, 7) is 4.68. The van der Waals surface area contributed by atoms with Gasteiger partial charge in [-0.15, -0.1) is 0 Å². The largest absolute Gasteiger partial charge is 0.317 e. The molecule has 1 fully saturated rings. The third kappa shape index (κ3) is 4.45. The van der Waals surface area contributed by atoms with Gasteiger partial charge in [0.1, 0.15) is 0 Å². The molecule has 0 aromatic heterocycles. The van der Waals surface area contributed by atoms with Crippen molar-refractivity contribution in [3.05, 3.63) is 0 Å². The molecule has 0 heterocycles. The first-order valence-electron chi connectivity index (χ1n) is 6.39. The van der Waals surface area contributed by atoms with Crippen LogP contribution in [0.2, 0.25) is 0 Å². The second-order valence-electron chi connectivity index (χ2n) is 5.34. The van der Waals surface area contributed by atoms with Crippen LogP contribution in [0, 0.1) is 11.8 Å². The number of rotatable bonds is 4. The van der Waals surface area contributed by atoms with E-state index in [1.54, 1.807) is 0 Å². The van der Waals surface area contributed by atoms with Crippen LogP contribution in [0.5, 0.6) is 0 Å². The molecule has 2 atom stereocenters. The fourth-order valence-electron chi connectivity index (χ4n) is 2.56. The predicted octanol–water partition coefficient (Wildman–Crippen LogP) is 3.59. The first kappa shape index (κ1) is 12.0. The lowest BCUT2D eigenvalue weighted by Crippen LogP contribution is -2.26. The summed E-state index contributed by atoms with van der Waals surface area (Å²) in [6, 6.07) is 0.801. The van der Waals surface area contributed by atoms with Gasteiger partial charge in [-0.3, -0.25) is 0 Å². The van der Waals surface area contributed by atoms with Crippen LogP contribution in [0.1, 0.15) is 58.8 Å².